The Balaban J connectivity index is 2.44. The molecule has 2 rings (SSSR count). The summed E-state index contributed by atoms with van der Waals surface area (Å²) in [5.74, 6) is -1.61. The molecule has 1 aromatic carbocycles. The second-order valence-corrected chi connectivity index (χ2v) is 6.39. The van der Waals surface area contributed by atoms with Crippen molar-refractivity contribution < 1.29 is 19.4 Å². The van der Waals surface area contributed by atoms with Gasteiger partial charge in [0, 0.05) is 9.86 Å². The third-order valence-corrected chi connectivity index (χ3v) is 3.29. The molecule has 0 saturated carbocycles. The number of carbonyl (C=O) groups is 2. The smallest absolute Gasteiger partial charge is 0.357 e. The van der Waals surface area contributed by atoms with Crippen molar-refractivity contribution in [1.29, 1.82) is 0 Å². The molecule has 0 spiro atoms. The minimum atomic E-state index is -1.14. The van der Waals surface area contributed by atoms with E-state index in [0.717, 1.165) is 0 Å². The maximum atomic E-state index is 11.9. The molecular weight excluding hydrogens is 340 g/mol. The van der Waals surface area contributed by atoms with Crippen LogP contribution in [-0.4, -0.2) is 32.4 Å². The Bertz CT molecular complexity index is 716. The highest BCUT2D eigenvalue weighted by Crippen LogP contribution is 2.27. The van der Waals surface area contributed by atoms with Crippen molar-refractivity contribution in [3.63, 3.8) is 0 Å². The molecule has 1 aromatic heterocycles. The Kier molecular flexibility index (Phi) is 4.04. The lowest BCUT2D eigenvalue weighted by atomic mass is 10.2. The number of fused-ring (bicyclic) bond motifs is 1. The molecule has 0 radical (unpaired) electrons. The van der Waals surface area contributed by atoms with Gasteiger partial charge in [-0.15, -0.1) is 0 Å². The largest absolute Gasteiger partial charge is 0.476 e. The summed E-state index contributed by atoms with van der Waals surface area (Å²) < 4.78 is 7.19. The van der Waals surface area contributed by atoms with Crippen LogP contribution >= 0.6 is 15.9 Å². The fourth-order valence-corrected chi connectivity index (χ4v) is 2.50. The number of aromatic nitrogens is 2. The van der Waals surface area contributed by atoms with E-state index in [1.54, 1.807) is 39.0 Å². The van der Waals surface area contributed by atoms with E-state index in [9.17, 15) is 14.7 Å². The molecule has 0 aliphatic carbocycles. The lowest BCUT2D eigenvalue weighted by molar-refractivity contribution is -0.155. The van der Waals surface area contributed by atoms with Crippen LogP contribution in [0.2, 0.25) is 0 Å². The highest BCUT2D eigenvalue weighted by molar-refractivity contribution is 9.10. The number of carbonyl (C=O) groups excluding carboxylic acids is 1. The zero-order valence-electron chi connectivity index (χ0n) is 11.9. The van der Waals surface area contributed by atoms with Crippen molar-refractivity contribution in [2.45, 2.75) is 32.9 Å². The van der Waals surface area contributed by atoms with E-state index >= 15 is 0 Å². The van der Waals surface area contributed by atoms with E-state index in [1.807, 2.05) is 0 Å². The van der Waals surface area contributed by atoms with Crippen LogP contribution in [0.4, 0.5) is 0 Å². The first-order valence-electron chi connectivity index (χ1n) is 6.29. The topological polar surface area (TPSA) is 81.4 Å². The van der Waals surface area contributed by atoms with E-state index in [-0.39, 0.29) is 12.2 Å². The van der Waals surface area contributed by atoms with Gasteiger partial charge >= 0.3 is 11.9 Å². The van der Waals surface area contributed by atoms with Crippen molar-refractivity contribution >= 4 is 38.8 Å². The van der Waals surface area contributed by atoms with Gasteiger partial charge < -0.3 is 9.84 Å². The van der Waals surface area contributed by atoms with Crippen LogP contribution in [0, 0.1) is 0 Å². The van der Waals surface area contributed by atoms with Gasteiger partial charge in [0.2, 0.25) is 0 Å². The number of ether oxygens (including phenoxy) is 1. The number of nitrogens with zero attached hydrogens (tertiary/aromatic N) is 2. The van der Waals surface area contributed by atoms with Crippen LogP contribution in [0.5, 0.6) is 0 Å². The molecular formula is C14H15BrN2O4. The van der Waals surface area contributed by atoms with Crippen LogP contribution in [-0.2, 0) is 16.1 Å². The van der Waals surface area contributed by atoms with Gasteiger partial charge in [0.05, 0.1) is 5.52 Å². The van der Waals surface area contributed by atoms with Crippen LogP contribution in [0.25, 0.3) is 10.9 Å². The first-order valence-corrected chi connectivity index (χ1v) is 7.08. The molecule has 0 amide bonds. The van der Waals surface area contributed by atoms with Gasteiger partial charge in [-0.2, -0.15) is 5.10 Å². The van der Waals surface area contributed by atoms with Crippen molar-refractivity contribution in [3.8, 4) is 0 Å². The Labute approximate surface area is 129 Å². The normalized spacial score (nSPS) is 11.6. The van der Waals surface area contributed by atoms with Crippen LogP contribution in [0.15, 0.2) is 22.7 Å². The number of hydrogen-bond acceptors (Lipinski definition) is 4. The standard InChI is InChI=1S/C14H15BrN2O4/c1-14(2,3)21-10(18)7-17-9-6-4-5-8(15)11(9)12(16-17)13(19)20/h4-6H,7H2,1-3H3,(H,19,20). The molecule has 0 saturated heterocycles. The second-order valence-electron chi connectivity index (χ2n) is 5.53. The van der Waals surface area contributed by atoms with Crippen molar-refractivity contribution in [2.75, 3.05) is 0 Å². The van der Waals surface area contributed by atoms with Crippen LogP contribution < -0.4 is 0 Å². The quantitative estimate of drug-likeness (QED) is 0.857. The van der Waals surface area contributed by atoms with Crippen molar-refractivity contribution in [3.05, 3.63) is 28.4 Å². The number of benzene rings is 1. The Morgan fingerprint density at radius 1 is 1.38 bits per heavy atom. The summed E-state index contributed by atoms with van der Waals surface area (Å²) in [6, 6.07) is 5.20. The summed E-state index contributed by atoms with van der Waals surface area (Å²) in [7, 11) is 0. The molecule has 6 nitrogen and oxygen atoms in total. The van der Waals surface area contributed by atoms with Gasteiger partial charge in [0.1, 0.15) is 12.1 Å². The average Bonchev–Trinajstić information content (AvgIpc) is 2.67. The van der Waals surface area contributed by atoms with Gasteiger partial charge in [-0.25, -0.2) is 4.79 Å². The van der Waals surface area contributed by atoms with Gasteiger partial charge in [0.25, 0.3) is 0 Å². The van der Waals surface area contributed by atoms with Gasteiger partial charge in [-0.1, -0.05) is 22.0 Å². The number of rotatable bonds is 3. The van der Waals surface area contributed by atoms with E-state index in [1.165, 1.54) is 4.68 Å². The SMILES string of the molecule is CC(C)(C)OC(=O)Cn1nc(C(=O)O)c2c(Br)cccc21. The number of hydrogen-bond donors (Lipinski definition) is 1. The Morgan fingerprint density at radius 2 is 2.05 bits per heavy atom. The number of carboxylic acids is 1. The minimum absolute atomic E-state index is 0.0963. The number of carboxylic acid groups (broad SMARTS) is 1. The first kappa shape index (κ1) is 15.5. The zero-order chi connectivity index (χ0) is 15.8. The highest BCUT2D eigenvalue weighted by atomic mass is 79.9. The number of halogens is 1. The van der Waals surface area contributed by atoms with E-state index in [4.69, 9.17) is 4.74 Å². The minimum Gasteiger partial charge on any atom is -0.476 e. The lowest BCUT2D eigenvalue weighted by Crippen LogP contribution is -2.26. The number of aromatic carboxylic acids is 1. The van der Waals surface area contributed by atoms with Gasteiger partial charge in [0.15, 0.2) is 5.69 Å². The molecule has 0 bridgehead atoms. The number of esters is 1. The highest BCUT2D eigenvalue weighted by Gasteiger charge is 2.22. The van der Waals surface area contributed by atoms with E-state index < -0.39 is 17.5 Å². The fourth-order valence-electron chi connectivity index (χ4n) is 1.95. The summed E-state index contributed by atoms with van der Waals surface area (Å²) in [6.45, 7) is 5.17. The van der Waals surface area contributed by atoms with Gasteiger partial charge in [-0.3, -0.25) is 9.48 Å². The molecule has 0 aliphatic heterocycles. The van der Waals surface area contributed by atoms with Crippen molar-refractivity contribution in [1.82, 2.24) is 9.78 Å². The predicted molar refractivity (Wildman–Crippen MR) is 80.2 cm³/mol. The Morgan fingerprint density at radius 3 is 2.62 bits per heavy atom. The molecule has 1 N–H and O–H groups in total. The zero-order valence-corrected chi connectivity index (χ0v) is 13.5. The molecule has 112 valence electrons. The molecule has 21 heavy (non-hydrogen) atoms. The predicted octanol–water partition coefficient (Wildman–Crippen LogP) is 2.84. The summed E-state index contributed by atoms with van der Waals surface area (Å²) in [5.41, 5.74) is -0.135. The maximum Gasteiger partial charge on any atom is 0.357 e. The second kappa shape index (κ2) is 5.48. The lowest BCUT2D eigenvalue weighted by Gasteiger charge is -2.19. The molecule has 0 atom stereocenters. The fraction of sp³-hybridized carbons (Fsp3) is 0.357. The molecule has 0 unspecified atom stereocenters. The van der Waals surface area contributed by atoms with E-state index in [0.29, 0.717) is 15.4 Å². The van der Waals surface area contributed by atoms with Crippen molar-refractivity contribution in [2.24, 2.45) is 0 Å². The first-order chi connectivity index (χ1) is 9.69. The molecule has 7 heteroatoms. The van der Waals surface area contributed by atoms with Gasteiger partial charge in [-0.05, 0) is 32.9 Å². The average molecular weight is 355 g/mol. The monoisotopic (exact) mass is 354 g/mol. The summed E-state index contributed by atoms with van der Waals surface area (Å²) in [5, 5.41) is 13.7. The van der Waals surface area contributed by atoms with E-state index in [2.05, 4.69) is 21.0 Å². The third kappa shape index (κ3) is 3.41. The van der Waals surface area contributed by atoms with Crippen LogP contribution in [0.3, 0.4) is 0 Å². The maximum absolute atomic E-state index is 11.9. The van der Waals surface area contributed by atoms with Crippen LogP contribution in [0.1, 0.15) is 31.3 Å². The molecule has 0 fully saturated rings. The molecule has 1 heterocycles. The summed E-state index contributed by atoms with van der Waals surface area (Å²) >= 11 is 3.31. The Hall–Kier alpha value is -1.89. The molecule has 0 aliphatic rings. The third-order valence-electron chi connectivity index (χ3n) is 2.63. The summed E-state index contributed by atoms with van der Waals surface area (Å²) in [6.07, 6.45) is 0. The molecule has 2 aromatic rings. The summed E-state index contributed by atoms with van der Waals surface area (Å²) in [4.78, 5) is 23.2.